The molecule has 0 bridgehead atoms. The maximum absolute atomic E-state index is 11.8. The van der Waals surface area contributed by atoms with Gasteiger partial charge in [-0.15, -0.1) is 0 Å². The fraction of sp³-hybridized carbons (Fsp3) is 0.385. The van der Waals surface area contributed by atoms with Gasteiger partial charge in [0, 0.05) is 24.3 Å². The van der Waals surface area contributed by atoms with Gasteiger partial charge in [-0.3, -0.25) is 4.79 Å². The minimum atomic E-state index is -0.315. The molecule has 0 fully saturated rings. The van der Waals surface area contributed by atoms with Crippen LogP contribution in [0.2, 0.25) is 5.02 Å². The van der Waals surface area contributed by atoms with Crippen LogP contribution in [0, 0.1) is 0 Å². The predicted octanol–water partition coefficient (Wildman–Crippen LogP) is 2.76. The molecule has 1 rings (SSSR count). The molecule has 0 unspecified atom stereocenters. The Morgan fingerprint density at radius 3 is 2.79 bits per heavy atom. The number of esters is 1. The lowest BCUT2D eigenvalue weighted by molar-refractivity contribution is -0.143. The maximum Gasteiger partial charge on any atom is 0.321 e. The fourth-order valence-electron chi connectivity index (χ4n) is 1.38. The monoisotopic (exact) mass is 284 g/mol. The smallest absolute Gasteiger partial charge is 0.321 e. The molecule has 0 saturated carbocycles. The van der Waals surface area contributed by atoms with E-state index < -0.39 is 0 Å². The van der Waals surface area contributed by atoms with Crippen molar-refractivity contribution in [1.82, 2.24) is 4.90 Å². The maximum atomic E-state index is 11.8. The number of hydrogen-bond acceptors (Lipinski definition) is 3. The lowest BCUT2D eigenvalue weighted by Gasteiger charge is -2.17. The Hall–Kier alpha value is -1.75. The van der Waals surface area contributed by atoms with E-state index in [0.717, 1.165) is 0 Å². The Balaban J connectivity index is 2.42. The second kappa shape index (κ2) is 7.63. The molecule has 1 aromatic rings. The summed E-state index contributed by atoms with van der Waals surface area (Å²) in [6, 6.07) is 6.56. The summed E-state index contributed by atoms with van der Waals surface area (Å²) < 4.78 is 4.79. The highest BCUT2D eigenvalue weighted by molar-refractivity contribution is 6.30. The minimum absolute atomic E-state index is 0.174. The van der Waals surface area contributed by atoms with E-state index in [2.05, 4.69) is 5.32 Å². The van der Waals surface area contributed by atoms with Crippen molar-refractivity contribution in [2.75, 3.05) is 25.5 Å². The molecule has 0 atom stereocenters. The van der Waals surface area contributed by atoms with Gasteiger partial charge in [-0.1, -0.05) is 17.7 Å². The number of nitrogens with zero attached hydrogens (tertiary/aromatic N) is 1. The van der Waals surface area contributed by atoms with Crippen LogP contribution in [0.3, 0.4) is 0 Å². The number of rotatable bonds is 5. The Labute approximate surface area is 117 Å². The number of nitrogens with one attached hydrogen (secondary N) is 1. The third-order valence-corrected chi connectivity index (χ3v) is 2.61. The van der Waals surface area contributed by atoms with E-state index in [4.69, 9.17) is 16.3 Å². The first-order valence-corrected chi connectivity index (χ1v) is 6.34. The fourth-order valence-corrected chi connectivity index (χ4v) is 1.57. The molecule has 0 heterocycles. The summed E-state index contributed by atoms with van der Waals surface area (Å²) >= 11 is 5.82. The Kier molecular flexibility index (Phi) is 6.15. The van der Waals surface area contributed by atoms with E-state index >= 15 is 0 Å². The van der Waals surface area contributed by atoms with Crippen LogP contribution in [0.4, 0.5) is 10.5 Å². The van der Waals surface area contributed by atoms with Crippen LogP contribution in [0.15, 0.2) is 24.3 Å². The Morgan fingerprint density at radius 2 is 2.16 bits per heavy atom. The van der Waals surface area contributed by atoms with Crippen LogP contribution in [-0.4, -0.2) is 37.1 Å². The summed E-state index contributed by atoms with van der Waals surface area (Å²) in [5.74, 6) is -0.315. The van der Waals surface area contributed by atoms with Gasteiger partial charge in [-0.05, 0) is 25.1 Å². The quantitative estimate of drug-likeness (QED) is 0.846. The summed E-state index contributed by atoms with van der Waals surface area (Å²) in [4.78, 5) is 24.4. The summed E-state index contributed by atoms with van der Waals surface area (Å²) in [6.45, 7) is 2.38. The van der Waals surface area contributed by atoms with Crippen molar-refractivity contribution in [2.45, 2.75) is 13.3 Å². The topological polar surface area (TPSA) is 58.6 Å². The molecule has 104 valence electrons. The molecular formula is C13H17ClN2O3. The van der Waals surface area contributed by atoms with Gasteiger partial charge in [-0.25, -0.2) is 4.79 Å². The third kappa shape index (κ3) is 5.61. The van der Waals surface area contributed by atoms with Gasteiger partial charge in [0.25, 0.3) is 0 Å². The summed E-state index contributed by atoms with van der Waals surface area (Å²) in [6.07, 6.45) is 0.174. The third-order valence-electron chi connectivity index (χ3n) is 2.38. The second-order valence-corrected chi connectivity index (χ2v) is 4.35. The first kappa shape index (κ1) is 15.3. The zero-order valence-electron chi connectivity index (χ0n) is 11.0. The molecule has 6 heteroatoms. The van der Waals surface area contributed by atoms with E-state index in [1.54, 1.807) is 38.2 Å². The lowest BCUT2D eigenvalue weighted by atomic mass is 10.3. The Bertz CT molecular complexity index is 451. The Morgan fingerprint density at radius 1 is 1.42 bits per heavy atom. The predicted molar refractivity (Wildman–Crippen MR) is 74.4 cm³/mol. The highest BCUT2D eigenvalue weighted by Crippen LogP contribution is 2.15. The van der Waals surface area contributed by atoms with E-state index in [1.165, 1.54) is 4.90 Å². The molecule has 19 heavy (non-hydrogen) atoms. The summed E-state index contributed by atoms with van der Waals surface area (Å²) in [5.41, 5.74) is 0.612. The molecular weight excluding hydrogens is 268 g/mol. The number of benzene rings is 1. The normalized spacial score (nSPS) is 9.84. The number of carbonyl (C=O) groups excluding carboxylic acids is 2. The lowest BCUT2D eigenvalue weighted by Crippen LogP contribution is -2.33. The molecule has 2 amide bonds. The van der Waals surface area contributed by atoms with Crippen LogP contribution in [0.5, 0.6) is 0 Å². The zero-order chi connectivity index (χ0) is 14.3. The highest BCUT2D eigenvalue weighted by atomic mass is 35.5. The second-order valence-electron chi connectivity index (χ2n) is 3.92. The van der Waals surface area contributed by atoms with Crippen LogP contribution in [0.25, 0.3) is 0 Å². The molecule has 1 aromatic carbocycles. The largest absolute Gasteiger partial charge is 0.466 e. The summed E-state index contributed by atoms with van der Waals surface area (Å²) in [7, 11) is 1.61. The van der Waals surface area contributed by atoms with Crippen LogP contribution >= 0.6 is 11.6 Å². The molecule has 0 aliphatic heterocycles. The van der Waals surface area contributed by atoms with Crippen molar-refractivity contribution in [1.29, 1.82) is 0 Å². The summed E-state index contributed by atoms with van der Waals surface area (Å²) in [5, 5.41) is 3.24. The van der Waals surface area contributed by atoms with Gasteiger partial charge in [-0.2, -0.15) is 0 Å². The van der Waals surface area contributed by atoms with Gasteiger partial charge in [0.05, 0.1) is 13.0 Å². The number of halogens is 1. The number of carbonyl (C=O) groups is 2. The van der Waals surface area contributed by atoms with Gasteiger partial charge < -0.3 is 15.0 Å². The van der Waals surface area contributed by atoms with Crippen molar-refractivity contribution >= 4 is 29.3 Å². The van der Waals surface area contributed by atoms with Gasteiger partial charge in [0.1, 0.15) is 0 Å². The molecule has 1 N–H and O–H groups in total. The zero-order valence-corrected chi connectivity index (χ0v) is 11.7. The molecule has 5 nitrogen and oxygen atoms in total. The van der Waals surface area contributed by atoms with Crippen molar-refractivity contribution in [2.24, 2.45) is 0 Å². The SMILES string of the molecule is CCOC(=O)CCN(C)C(=O)Nc1cccc(Cl)c1. The van der Waals surface area contributed by atoms with Gasteiger partial charge >= 0.3 is 12.0 Å². The highest BCUT2D eigenvalue weighted by Gasteiger charge is 2.11. The number of amides is 2. The number of hydrogen-bond donors (Lipinski definition) is 1. The minimum Gasteiger partial charge on any atom is -0.466 e. The average Bonchev–Trinajstić information content (AvgIpc) is 2.36. The van der Waals surface area contributed by atoms with Gasteiger partial charge in [0.2, 0.25) is 0 Å². The van der Waals surface area contributed by atoms with Crippen LogP contribution in [-0.2, 0) is 9.53 Å². The first-order valence-electron chi connectivity index (χ1n) is 5.96. The molecule has 0 aromatic heterocycles. The van der Waals surface area contributed by atoms with Crippen molar-refractivity contribution in [3.63, 3.8) is 0 Å². The standard InChI is InChI=1S/C13H17ClN2O3/c1-3-19-12(17)7-8-16(2)13(18)15-11-6-4-5-10(14)9-11/h4-6,9H,3,7-8H2,1-2H3,(H,15,18). The average molecular weight is 285 g/mol. The molecule has 0 radical (unpaired) electrons. The number of ether oxygens (including phenoxy) is 1. The van der Waals surface area contributed by atoms with E-state index in [9.17, 15) is 9.59 Å². The number of urea groups is 1. The number of anilines is 1. The van der Waals surface area contributed by atoms with Crippen LogP contribution < -0.4 is 5.32 Å². The van der Waals surface area contributed by atoms with Crippen molar-refractivity contribution in [3.8, 4) is 0 Å². The van der Waals surface area contributed by atoms with E-state index in [0.29, 0.717) is 23.9 Å². The molecule has 0 aliphatic carbocycles. The van der Waals surface area contributed by atoms with Gasteiger partial charge in [0.15, 0.2) is 0 Å². The van der Waals surface area contributed by atoms with Crippen LogP contribution in [0.1, 0.15) is 13.3 Å². The van der Waals surface area contributed by atoms with Crippen molar-refractivity contribution < 1.29 is 14.3 Å². The molecule has 0 spiro atoms. The van der Waals surface area contributed by atoms with Crippen molar-refractivity contribution in [3.05, 3.63) is 29.3 Å². The molecule has 0 saturated heterocycles. The molecule has 0 aliphatic rings. The van der Waals surface area contributed by atoms with E-state index in [1.807, 2.05) is 0 Å². The first-order chi connectivity index (χ1) is 9.02. The van der Waals surface area contributed by atoms with E-state index in [-0.39, 0.29) is 18.4 Å².